The highest BCUT2D eigenvalue weighted by Gasteiger charge is 2.24. The average molecular weight is 260 g/mol. The Labute approximate surface area is 111 Å². The first-order chi connectivity index (χ1) is 9.08. The summed E-state index contributed by atoms with van der Waals surface area (Å²) < 4.78 is 6.75. The molecule has 2 rings (SSSR count). The monoisotopic (exact) mass is 260 g/mol. The molecule has 0 amide bonds. The fourth-order valence-corrected chi connectivity index (χ4v) is 1.96. The molecule has 1 N–H and O–H groups in total. The third-order valence-corrected chi connectivity index (χ3v) is 2.94. The molecule has 0 bridgehead atoms. The molecule has 0 fully saturated rings. The smallest absolute Gasteiger partial charge is 0.343 e. The average Bonchev–Trinajstić information content (AvgIpc) is 2.78. The second kappa shape index (κ2) is 5.14. The maximum absolute atomic E-state index is 11.3. The molecule has 5 nitrogen and oxygen atoms in total. The van der Waals surface area contributed by atoms with Gasteiger partial charge in [0.1, 0.15) is 5.56 Å². The van der Waals surface area contributed by atoms with Crippen molar-refractivity contribution in [3.63, 3.8) is 0 Å². The van der Waals surface area contributed by atoms with E-state index in [1.165, 1.54) is 11.8 Å². The summed E-state index contributed by atoms with van der Waals surface area (Å²) in [6.07, 6.45) is 0.539. The lowest BCUT2D eigenvalue weighted by molar-refractivity contribution is 0.0692. The number of methoxy groups -OCH3 is 1. The molecule has 0 saturated carbocycles. The second-order valence-electron chi connectivity index (χ2n) is 4.24. The lowest BCUT2D eigenvalue weighted by atomic mass is 10.2. The number of ether oxygens (including phenoxy) is 1. The third kappa shape index (κ3) is 2.31. The van der Waals surface area contributed by atoms with E-state index in [2.05, 4.69) is 5.10 Å². The van der Waals surface area contributed by atoms with E-state index in [9.17, 15) is 9.90 Å². The van der Waals surface area contributed by atoms with Crippen LogP contribution in [0.25, 0.3) is 5.69 Å². The van der Waals surface area contributed by atoms with Crippen LogP contribution < -0.4 is 4.74 Å². The van der Waals surface area contributed by atoms with E-state index in [1.807, 2.05) is 38.1 Å². The molecule has 0 aliphatic carbocycles. The molecule has 0 atom stereocenters. The maximum Gasteiger partial charge on any atom is 0.343 e. The largest absolute Gasteiger partial charge is 0.480 e. The van der Waals surface area contributed by atoms with E-state index in [-0.39, 0.29) is 11.4 Å². The number of carbonyl (C=O) groups is 1. The van der Waals surface area contributed by atoms with Gasteiger partial charge in [-0.3, -0.25) is 0 Å². The van der Waals surface area contributed by atoms with E-state index < -0.39 is 5.97 Å². The van der Waals surface area contributed by atoms with Crippen LogP contribution in [0.3, 0.4) is 0 Å². The highest BCUT2D eigenvalue weighted by molar-refractivity contribution is 5.92. The Morgan fingerprint density at radius 2 is 2.00 bits per heavy atom. The molecule has 0 radical (unpaired) electrons. The number of aromatic carboxylic acids is 1. The van der Waals surface area contributed by atoms with E-state index in [0.717, 1.165) is 11.3 Å². The second-order valence-corrected chi connectivity index (χ2v) is 4.24. The van der Waals surface area contributed by atoms with Crippen LogP contribution in [-0.2, 0) is 6.42 Å². The fraction of sp³-hybridized carbons (Fsp3) is 0.286. The Hall–Kier alpha value is -2.30. The van der Waals surface area contributed by atoms with Gasteiger partial charge >= 0.3 is 5.97 Å². The van der Waals surface area contributed by atoms with Gasteiger partial charge in [0.2, 0.25) is 5.88 Å². The number of hydrogen-bond donors (Lipinski definition) is 1. The van der Waals surface area contributed by atoms with Crippen molar-refractivity contribution in [2.45, 2.75) is 20.3 Å². The molecule has 0 saturated heterocycles. The molecule has 1 heterocycles. The van der Waals surface area contributed by atoms with Gasteiger partial charge in [0.05, 0.1) is 18.5 Å². The van der Waals surface area contributed by atoms with Crippen molar-refractivity contribution in [2.75, 3.05) is 7.11 Å². The van der Waals surface area contributed by atoms with Gasteiger partial charge in [-0.2, -0.15) is 5.10 Å². The molecule has 0 spiro atoms. The summed E-state index contributed by atoms with van der Waals surface area (Å²) in [7, 11) is 1.45. The quantitative estimate of drug-likeness (QED) is 0.917. The zero-order valence-electron chi connectivity index (χ0n) is 11.2. The van der Waals surface area contributed by atoms with Crippen LogP contribution in [0, 0.1) is 6.92 Å². The standard InChI is InChI=1S/C14H16N2O3/c1-4-11-12(14(17)18)13(19-3)16(15-11)10-7-5-9(2)6-8-10/h5-8H,4H2,1-3H3,(H,17,18). The summed E-state index contributed by atoms with van der Waals surface area (Å²) in [5.74, 6) is -0.764. The number of benzene rings is 1. The van der Waals surface area contributed by atoms with Gasteiger partial charge in [-0.15, -0.1) is 0 Å². The molecular formula is C14H16N2O3. The Morgan fingerprint density at radius 1 is 1.37 bits per heavy atom. The lowest BCUT2D eigenvalue weighted by Gasteiger charge is -2.06. The number of aryl methyl sites for hydroxylation is 2. The highest BCUT2D eigenvalue weighted by Crippen LogP contribution is 2.26. The number of hydrogen-bond acceptors (Lipinski definition) is 3. The summed E-state index contributed by atoms with van der Waals surface area (Å²) in [5.41, 5.74) is 2.56. The summed E-state index contributed by atoms with van der Waals surface area (Å²) in [4.78, 5) is 11.3. The van der Waals surface area contributed by atoms with Crippen molar-refractivity contribution in [3.05, 3.63) is 41.1 Å². The van der Waals surface area contributed by atoms with Gasteiger partial charge in [0.25, 0.3) is 0 Å². The van der Waals surface area contributed by atoms with Crippen molar-refractivity contribution < 1.29 is 14.6 Å². The minimum Gasteiger partial charge on any atom is -0.480 e. The molecule has 1 aromatic heterocycles. The van der Waals surface area contributed by atoms with Gasteiger partial charge in [-0.1, -0.05) is 24.6 Å². The zero-order chi connectivity index (χ0) is 14.0. The van der Waals surface area contributed by atoms with Gasteiger partial charge < -0.3 is 9.84 Å². The van der Waals surface area contributed by atoms with Crippen molar-refractivity contribution in [1.29, 1.82) is 0 Å². The van der Waals surface area contributed by atoms with Crippen LogP contribution in [-0.4, -0.2) is 28.0 Å². The molecule has 0 unspecified atom stereocenters. The van der Waals surface area contributed by atoms with E-state index in [1.54, 1.807) is 0 Å². The Bertz CT molecular complexity index is 600. The molecule has 0 aliphatic heterocycles. The SMILES string of the molecule is CCc1nn(-c2ccc(C)cc2)c(OC)c1C(=O)O. The third-order valence-electron chi connectivity index (χ3n) is 2.94. The van der Waals surface area contributed by atoms with Crippen molar-refractivity contribution in [3.8, 4) is 11.6 Å². The summed E-state index contributed by atoms with van der Waals surface area (Å²) in [5, 5.41) is 13.6. The van der Waals surface area contributed by atoms with E-state index in [0.29, 0.717) is 12.1 Å². The predicted octanol–water partition coefficient (Wildman–Crippen LogP) is 2.45. The molecular weight excluding hydrogens is 244 g/mol. The number of rotatable bonds is 4. The Balaban J connectivity index is 2.63. The minimum atomic E-state index is -1.02. The van der Waals surface area contributed by atoms with Crippen LogP contribution in [0.4, 0.5) is 0 Å². The van der Waals surface area contributed by atoms with Crippen LogP contribution in [0.2, 0.25) is 0 Å². The van der Waals surface area contributed by atoms with Crippen LogP contribution in [0.5, 0.6) is 5.88 Å². The number of aromatic nitrogens is 2. The van der Waals surface area contributed by atoms with E-state index in [4.69, 9.17) is 4.74 Å². The minimum absolute atomic E-state index is 0.130. The first kappa shape index (κ1) is 13.1. The molecule has 5 heteroatoms. The van der Waals surface area contributed by atoms with Gasteiger partial charge in [0.15, 0.2) is 0 Å². The van der Waals surface area contributed by atoms with Crippen molar-refractivity contribution in [1.82, 2.24) is 9.78 Å². The molecule has 1 aromatic carbocycles. The fourth-order valence-electron chi connectivity index (χ4n) is 1.96. The number of nitrogens with zero attached hydrogens (tertiary/aromatic N) is 2. The van der Waals surface area contributed by atoms with Crippen LogP contribution in [0.15, 0.2) is 24.3 Å². The van der Waals surface area contributed by atoms with Crippen molar-refractivity contribution >= 4 is 5.97 Å². The lowest BCUT2D eigenvalue weighted by Crippen LogP contribution is -2.03. The normalized spacial score (nSPS) is 10.5. The van der Waals surface area contributed by atoms with E-state index >= 15 is 0 Å². The molecule has 0 aliphatic rings. The van der Waals surface area contributed by atoms with Crippen LogP contribution in [0.1, 0.15) is 28.5 Å². The van der Waals surface area contributed by atoms with Crippen molar-refractivity contribution in [2.24, 2.45) is 0 Å². The predicted molar refractivity (Wildman–Crippen MR) is 71.2 cm³/mol. The number of carboxylic acid groups (broad SMARTS) is 1. The molecule has 2 aromatic rings. The Kier molecular flexibility index (Phi) is 3.55. The topological polar surface area (TPSA) is 64.4 Å². The van der Waals surface area contributed by atoms with Gasteiger partial charge in [-0.05, 0) is 25.5 Å². The Morgan fingerprint density at radius 3 is 2.47 bits per heavy atom. The maximum atomic E-state index is 11.3. The summed E-state index contributed by atoms with van der Waals surface area (Å²) >= 11 is 0. The summed E-state index contributed by atoms with van der Waals surface area (Å²) in [6.45, 7) is 3.86. The first-order valence-electron chi connectivity index (χ1n) is 6.04. The molecule has 100 valence electrons. The van der Waals surface area contributed by atoms with Gasteiger partial charge in [-0.25, -0.2) is 9.48 Å². The van der Waals surface area contributed by atoms with Crippen LogP contribution >= 0.6 is 0 Å². The summed E-state index contributed by atoms with van der Waals surface area (Å²) in [6, 6.07) is 7.66. The first-order valence-corrected chi connectivity index (χ1v) is 6.04. The highest BCUT2D eigenvalue weighted by atomic mass is 16.5. The number of carboxylic acids is 1. The molecule has 19 heavy (non-hydrogen) atoms. The van der Waals surface area contributed by atoms with Gasteiger partial charge in [0, 0.05) is 0 Å². The zero-order valence-corrected chi connectivity index (χ0v) is 11.2.